The predicted molar refractivity (Wildman–Crippen MR) is 101 cm³/mol. The van der Waals surface area contributed by atoms with Gasteiger partial charge >= 0.3 is 6.01 Å². The third-order valence-electron chi connectivity index (χ3n) is 4.53. The number of aromatic nitrogens is 4. The topological polar surface area (TPSA) is 122 Å². The number of nitrogens with zero attached hydrogens (tertiary/aromatic N) is 5. The molecule has 0 aliphatic carbocycles. The molecular weight excluding hydrogens is 396 g/mol. The molecule has 1 aliphatic heterocycles. The lowest BCUT2D eigenvalue weighted by molar-refractivity contribution is 0.0950. The fraction of sp³-hybridized carbons (Fsp3) is 0.667. The first-order valence-corrected chi connectivity index (χ1v) is 10.9. The summed E-state index contributed by atoms with van der Waals surface area (Å²) in [7, 11) is -3.33. The first-order valence-electron chi connectivity index (χ1n) is 8.66. The summed E-state index contributed by atoms with van der Waals surface area (Å²) in [6, 6.07) is -0.111. The van der Waals surface area contributed by atoms with Crippen LogP contribution in [0.5, 0.6) is 6.01 Å². The van der Waals surface area contributed by atoms with Gasteiger partial charge in [-0.1, -0.05) is 18.5 Å². The van der Waals surface area contributed by atoms with Crippen molar-refractivity contribution >= 4 is 33.1 Å². The van der Waals surface area contributed by atoms with Crippen molar-refractivity contribution in [3.05, 3.63) is 11.3 Å². The zero-order valence-electron chi connectivity index (χ0n) is 15.3. The number of aliphatic hydroxyl groups is 1. The first-order chi connectivity index (χ1) is 12.7. The Labute approximate surface area is 162 Å². The summed E-state index contributed by atoms with van der Waals surface area (Å²) in [4.78, 5) is 8.38. The van der Waals surface area contributed by atoms with Crippen molar-refractivity contribution in [3.8, 4) is 6.01 Å². The fourth-order valence-electron chi connectivity index (χ4n) is 2.77. The number of imidazole rings is 1. The number of aliphatic hydroxyl groups excluding tert-OH is 1. The van der Waals surface area contributed by atoms with Gasteiger partial charge in [0.1, 0.15) is 5.52 Å². The maximum atomic E-state index is 11.6. The number of anilines is 1. The van der Waals surface area contributed by atoms with E-state index in [9.17, 15) is 13.5 Å². The number of sulfonamides is 1. The summed E-state index contributed by atoms with van der Waals surface area (Å²) >= 11 is 6.12. The molecule has 150 valence electrons. The fourth-order valence-corrected chi connectivity index (χ4v) is 3.83. The summed E-state index contributed by atoms with van der Waals surface area (Å²) in [6.45, 7) is 4.25. The molecule has 2 aromatic heterocycles. The molecule has 12 heteroatoms. The second-order valence-corrected chi connectivity index (χ2v) is 8.97. The molecule has 3 atom stereocenters. The third kappa shape index (κ3) is 4.42. The highest BCUT2D eigenvalue weighted by Crippen LogP contribution is 2.24. The molecule has 0 aromatic carbocycles. The van der Waals surface area contributed by atoms with Crippen LogP contribution in [-0.4, -0.2) is 75.0 Å². The maximum Gasteiger partial charge on any atom is 0.320 e. The molecule has 1 aliphatic rings. The lowest BCUT2D eigenvalue weighted by atomic mass is 10.0. The molecule has 10 nitrogen and oxygen atoms in total. The summed E-state index contributed by atoms with van der Waals surface area (Å²) in [5.74, 6) is 0.266. The highest BCUT2D eigenvalue weighted by Gasteiger charge is 2.32. The largest absolute Gasteiger partial charge is 0.460 e. The Hall–Kier alpha value is -1.69. The van der Waals surface area contributed by atoms with Crippen LogP contribution in [-0.2, 0) is 10.0 Å². The van der Waals surface area contributed by atoms with Crippen molar-refractivity contribution in [2.75, 3.05) is 24.7 Å². The molecule has 0 amide bonds. The van der Waals surface area contributed by atoms with E-state index in [0.29, 0.717) is 18.5 Å². The van der Waals surface area contributed by atoms with Crippen LogP contribution in [0.3, 0.4) is 0 Å². The molecule has 27 heavy (non-hydrogen) atoms. The van der Waals surface area contributed by atoms with Crippen molar-refractivity contribution in [1.82, 2.24) is 23.9 Å². The van der Waals surface area contributed by atoms with Gasteiger partial charge in [-0.2, -0.15) is 13.8 Å². The number of hydrogen-bond donors (Lipinski definition) is 2. The molecule has 2 N–H and O–H groups in total. The van der Waals surface area contributed by atoms with Crippen molar-refractivity contribution in [1.29, 1.82) is 0 Å². The summed E-state index contributed by atoms with van der Waals surface area (Å²) < 4.78 is 31.7. The Balaban J connectivity index is 1.78. The van der Waals surface area contributed by atoms with Gasteiger partial charge in [0.15, 0.2) is 5.15 Å². The van der Waals surface area contributed by atoms with Gasteiger partial charge in [-0.3, -0.25) is 0 Å². The lowest BCUT2D eigenvalue weighted by Crippen LogP contribution is -2.51. The Bertz CT molecular complexity index is 920. The standard InChI is InChI=1S/C15H23ClN6O4S/c1-4-9(2)26-15-19-13(16)11-7-17-14(20-22(11)15)18-10-5-6-21(8-12(10)23)27(3,24)25/h7,9-10,12,23H,4-6,8H2,1-3H3,(H,18,20). The van der Waals surface area contributed by atoms with Crippen LogP contribution in [0.2, 0.25) is 5.15 Å². The van der Waals surface area contributed by atoms with E-state index >= 15 is 0 Å². The van der Waals surface area contributed by atoms with E-state index in [-0.39, 0.29) is 35.8 Å². The van der Waals surface area contributed by atoms with E-state index in [1.165, 1.54) is 15.0 Å². The number of β-amino-alcohol motifs (C(OH)–C–C–N with tert-alkyl or cyclic N) is 1. The molecule has 0 spiro atoms. The molecule has 0 bridgehead atoms. The first kappa shape index (κ1) is 20.1. The second-order valence-electron chi connectivity index (χ2n) is 6.63. The van der Waals surface area contributed by atoms with Gasteiger partial charge in [0.2, 0.25) is 16.0 Å². The predicted octanol–water partition coefficient (Wildman–Crippen LogP) is 0.762. The van der Waals surface area contributed by atoms with Gasteiger partial charge in [-0.25, -0.2) is 13.4 Å². The van der Waals surface area contributed by atoms with E-state index in [2.05, 4.69) is 20.4 Å². The molecule has 0 radical (unpaired) electrons. The van der Waals surface area contributed by atoms with Gasteiger partial charge in [-0.05, 0) is 19.8 Å². The zero-order chi connectivity index (χ0) is 19.8. The number of ether oxygens (including phenoxy) is 1. The smallest absolute Gasteiger partial charge is 0.320 e. The van der Waals surface area contributed by atoms with Crippen molar-refractivity contribution in [2.45, 2.75) is 44.9 Å². The Morgan fingerprint density at radius 1 is 1.52 bits per heavy atom. The van der Waals surface area contributed by atoms with E-state index in [4.69, 9.17) is 16.3 Å². The van der Waals surface area contributed by atoms with Gasteiger partial charge in [0.05, 0.1) is 30.7 Å². The molecular formula is C15H23ClN6O4S. The highest BCUT2D eigenvalue weighted by molar-refractivity contribution is 7.88. The van der Waals surface area contributed by atoms with Crippen molar-refractivity contribution in [2.24, 2.45) is 0 Å². The summed E-state index contributed by atoms with van der Waals surface area (Å²) in [5.41, 5.74) is 0.507. The van der Waals surface area contributed by atoms with Crippen LogP contribution in [0.1, 0.15) is 26.7 Å². The molecule has 0 saturated carbocycles. The zero-order valence-corrected chi connectivity index (χ0v) is 16.9. The highest BCUT2D eigenvalue weighted by atomic mass is 35.5. The quantitative estimate of drug-likeness (QED) is 0.705. The monoisotopic (exact) mass is 418 g/mol. The number of piperidine rings is 1. The van der Waals surface area contributed by atoms with E-state index in [1.54, 1.807) is 0 Å². The van der Waals surface area contributed by atoms with Gasteiger partial charge in [-0.15, -0.1) is 5.10 Å². The average Bonchev–Trinajstić information content (AvgIpc) is 2.91. The van der Waals surface area contributed by atoms with Gasteiger partial charge in [0.25, 0.3) is 0 Å². The van der Waals surface area contributed by atoms with Crippen LogP contribution in [0.15, 0.2) is 6.20 Å². The number of hydrogen-bond acceptors (Lipinski definition) is 8. The molecule has 3 heterocycles. The normalized spacial score (nSPS) is 22.7. The molecule has 1 saturated heterocycles. The minimum atomic E-state index is -3.33. The van der Waals surface area contributed by atoms with Crippen LogP contribution >= 0.6 is 11.6 Å². The minimum absolute atomic E-state index is 0.0258. The van der Waals surface area contributed by atoms with Gasteiger partial charge < -0.3 is 15.2 Å². The van der Waals surface area contributed by atoms with Crippen LogP contribution in [0.25, 0.3) is 5.52 Å². The van der Waals surface area contributed by atoms with E-state index in [0.717, 1.165) is 12.7 Å². The Morgan fingerprint density at radius 2 is 2.26 bits per heavy atom. The number of halogens is 1. The number of nitrogens with one attached hydrogen (secondary N) is 1. The molecule has 1 fully saturated rings. The molecule has 2 aromatic rings. The van der Waals surface area contributed by atoms with Crippen molar-refractivity contribution < 1.29 is 18.3 Å². The number of fused-ring (bicyclic) bond motifs is 1. The van der Waals surface area contributed by atoms with Gasteiger partial charge in [0, 0.05) is 13.1 Å². The van der Waals surface area contributed by atoms with Crippen LogP contribution < -0.4 is 10.1 Å². The summed E-state index contributed by atoms with van der Waals surface area (Å²) in [5, 5.41) is 18.0. The SMILES string of the molecule is CCC(C)Oc1nc(Cl)c2cnc(NC3CCN(S(C)(=O)=O)CC3O)nn12. The number of rotatable bonds is 6. The Morgan fingerprint density at radius 3 is 2.89 bits per heavy atom. The summed E-state index contributed by atoms with van der Waals surface area (Å²) in [6.07, 6.45) is 2.94. The minimum Gasteiger partial charge on any atom is -0.460 e. The van der Waals surface area contributed by atoms with Crippen molar-refractivity contribution in [3.63, 3.8) is 0 Å². The maximum absolute atomic E-state index is 11.6. The second kappa shape index (κ2) is 7.74. The third-order valence-corrected chi connectivity index (χ3v) is 6.08. The van der Waals surface area contributed by atoms with Crippen LogP contribution in [0, 0.1) is 0 Å². The lowest BCUT2D eigenvalue weighted by Gasteiger charge is -2.34. The van der Waals surface area contributed by atoms with E-state index in [1.807, 2.05) is 13.8 Å². The average molecular weight is 419 g/mol. The van der Waals surface area contributed by atoms with E-state index < -0.39 is 16.1 Å². The molecule has 3 rings (SSSR count). The Kier molecular flexibility index (Phi) is 5.75. The van der Waals surface area contributed by atoms with Crippen LogP contribution in [0.4, 0.5) is 5.95 Å². The molecule has 3 unspecified atom stereocenters.